The number of rotatable bonds is 1. The number of carbonyl (C=O) groups excluding carboxylic acids is 1. The van der Waals surface area contributed by atoms with Gasteiger partial charge in [-0.2, -0.15) is 0 Å². The zero-order valence-electron chi connectivity index (χ0n) is 10.2. The molecule has 1 unspecified atom stereocenters. The van der Waals surface area contributed by atoms with E-state index >= 15 is 0 Å². The maximum Gasteiger partial charge on any atom is 0.257 e. The highest BCUT2D eigenvalue weighted by molar-refractivity contribution is 5.94. The molecular weight excluding hydrogens is 240 g/mol. The number of ether oxygens (including phenoxy) is 1. The van der Waals surface area contributed by atoms with Crippen molar-refractivity contribution < 1.29 is 18.3 Å². The van der Waals surface area contributed by atoms with Crippen LogP contribution in [0.4, 0.5) is 8.78 Å². The number of nitrogens with zero attached hydrogens (tertiary/aromatic N) is 1. The zero-order valence-corrected chi connectivity index (χ0v) is 10.2. The van der Waals surface area contributed by atoms with Gasteiger partial charge in [-0.15, -0.1) is 0 Å². The fourth-order valence-corrected chi connectivity index (χ4v) is 2.02. The van der Waals surface area contributed by atoms with Crippen molar-refractivity contribution in [3.8, 4) is 0 Å². The van der Waals surface area contributed by atoms with Gasteiger partial charge in [-0.3, -0.25) is 4.79 Å². The van der Waals surface area contributed by atoms with Gasteiger partial charge in [0.15, 0.2) is 11.6 Å². The number of hydrogen-bond donors (Lipinski definition) is 0. The van der Waals surface area contributed by atoms with Crippen LogP contribution in [0.25, 0.3) is 0 Å². The van der Waals surface area contributed by atoms with Crippen LogP contribution in [0.15, 0.2) is 18.2 Å². The van der Waals surface area contributed by atoms with Gasteiger partial charge in [0.25, 0.3) is 5.91 Å². The molecule has 0 aliphatic carbocycles. The summed E-state index contributed by atoms with van der Waals surface area (Å²) in [5, 5.41) is 0. The molecule has 0 N–H and O–H groups in total. The van der Waals surface area contributed by atoms with Gasteiger partial charge < -0.3 is 9.64 Å². The SMILES string of the molecule is CC1CN(C(=O)c2cccc(F)c2F)CCCO1. The Morgan fingerprint density at radius 3 is 3.00 bits per heavy atom. The maximum atomic E-state index is 13.6. The Morgan fingerprint density at radius 2 is 2.22 bits per heavy atom. The Bertz CT molecular complexity index is 451. The lowest BCUT2D eigenvalue weighted by Gasteiger charge is -2.22. The van der Waals surface area contributed by atoms with Gasteiger partial charge in [-0.1, -0.05) is 6.07 Å². The molecule has 0 aromatic heterocycles. The van der Waals surface area contributed by atoms with Gasteiger partial charge in [0.1, 0.15) is 0 Å². The van der Waals surface area contributed by atoms with E-state index in [-0.39, 0.29) is 11.7 Å². The average molecular weight is 255 g/mol. The summed E-state index contributed by atoms with van der Waals surface area (Å²) in [6, 6.07) is 3.64. The third-order valence-electron chi connectivity index (χ3n) is 2.92. The summed E-state index contributed by atoms with van der Waals surface area (Å²) < 4.78 is 32.1. The molecule has 5 heteroatoms. The smallest absolute Gasteiger partial charge is 0.257 e. The lowest BCUT2D eigenvalue weighted by Crippen LogP contribution is -2.36. The second-order valence-electron chi connectivity index (χ2n) is 4.39. The van der Waals surface area contributed by atoms with E-state index in [1.54, 1.807) is 0 Å². The monoisotopic (exact) mass is 255 g/mol. The van der Waals surface area contributed by atoms with Crippen molar-refractivity contribution in [1.82, 2.24) is 4.90 Å². The molecule has 1 atom stereocenters. The summed E-state index contributed by atoms with van der Waals surface area (Å²) in [6.45, 7) is 3.33. The predicted molar refractivity (Wildman–Crippen MR) is 62.3 cm³/mol. The predicted octanol–water partition coefficient (Wildman–Crippen LogP) is 2.22. The van der Waals surface area contributed by atoms with Crippen molar-refractivity contribution in [3.63, 3.8) is 0 Å². The molecule has 1 heterocycles. The molecule has 0 bridgehead atoms. The van der Waals surface area contributed by atoms with Crippen LogP contribution in [-0.2, 0) is 4.74 Å². The highest BCUT2D eigenvalue weighted by Crippen LogP contribution is 2.16. The highest BCUT2D eigenvalue weighted by Gasteiger charge is 2.24. The summed E-state index contributed by atoms with van der Waals surface area (Å²) in [4.78, 5) is 13.6. The Kier molecular flexibility index (Phi) is 3.91. The fourth-order valence-electron chi connectivity index (χ4n) is 2.02. The third kappa shape index (κ3) is 2.67. The topological polar surface area (TPSA) is 29.5 Å². The second-order valence-corrected chi connectivity index (χ2v) is 4.39. The third-order valence-corrected chi connectivity index (χ3v) is 2.92. The molecule has 1 aliphatic rings. The van der Waals surface area contributed by atoms with Crippen molar-refractivity contribution in [3.05, 3.63) is 35.4 Å². The van der Waals surface area contributed by atoms with Crippen LogP contribution in [0.1, 0.15) is 23.7 Å². The van der Waals surface area contributed by atoms with E-state index in [4.69, 9.17) is 4.74 Å². The van der Waals surface area contributed by atoms with E-state index in [2.05, 4.69) is 0 Å². The summed E-state index contributed by atoms with van der Waals surface area (Å²) >= 11 is 0. The summed E-state index contributed by atoms with van der Waals surface area (Å²) in [5.74, 6) is -2.57. The second kappa shape index (κ2) is 5.44. The van der Waals surface area contributed by atoms with Crippen molar-refractivity contribution in [1.29, 1.82) is 0 Å². The number of carbonyl (C=O) groups is 1. The average Bonchev–Trinajstić information content (AvgIpc) is 2.56. The zero-order chi connectivity index (χ0) is 13.1. The fraction of sp³-hybridized carbons (Fsp3) is 0.462. The molecule has 1 saturated heterocycles. The van der Waals surface area contributed by atoms with Crippen LogP contribution in [0.3, 0.4) is 0 Å². The van der Waals surface area contributed by atoms with Crippen LogP contribution in [0, 0.1) is 11.6 Å². The van der Waals surface area contributed by atoms with Gasteiger partial charge in [-0.05, 0) is 25.5 Å². The Morgan fingerprint density at radius 1 is 1.44 bits per heavy atom. The Hall–Kier alpha value is -1.49. The molecule has 0 spiro atoms. The van der Waals surface area contributed by atoms with E-state index in [0.29, 0.717) is 26.1 Å². The lowest BCUT2D eigenvalue weighted by atomic mass is 10.1. The minimum atomic E-state index is -1.08. The minimum Gasteiger partial charge on any atom is -0.377 e. The largest absolute Gasteiger partial charge is 0.377 e. The van der Waals surface area contributed by atoms with E-state index in [0.717, 1.165) is 6.07 Å². The van der Waals surface area contributed by atoms with Gasteiger partial charge in [0.2, 0.25) is 0 Å². The van der Waals surface area contributed by atoms with Gasteiger partial charge >= 0.3 is 0 Å². The highest BCUT2D eigenvalue weighted by atomic mass is 19.2. The van der Waals surface area contributed by atoms with Crippen LogP contribution in [0.5, 0.6) is 0 Å². The van der Waals surface area contributed by atoms with E-state index in [9.17, 15) is 13.6 Å². The van der Waals surface area contributed by atoms with Crippen molar-refractivity contribution in [2.45, 2.75) is 19.4 Å². The molecule has 2 rings (SSSR count). The van der Waals surface area contributed by atoms with Crippen molar-refractivity contribution in [2.75, 3.05) is 19.7 Å². The van der Waals surface area contributed by atoms with E-state index in [1.807, 2.05) is 6.92 Å². The normalized spacial score (nSPS) is 20.6. The van der Waals surface area contributed by atoms with E-state index in [1.165, 1.54) is 17.0 Å². The van der Waals surface area contributed by atoms with Crippen LogP contribution in [-0.4, -0.2) is 36.6 Å². The van der Waals surface area contributed by atoms with Crippen LogP contribution >= 0.6 is 0 Å². The number of amides is 1. The quantitative estimate of drug-likeness (QED) is 0.770. The standard InChI is InChI=1S/C13H15F2NO2/c1-9-8-16(6-3-7-18-9)13(17)10-4-2-5-11(14)12(10)15/h2,4-5,9H,3,6-8H2,1H3. The molecule has 1 amide bonds. The molecule has 0 radical (unpaired) electrons. The van der Waals surface area contributed by atoms with Crippen LogP contribution < -0.4 is 0 Å². The van der Waals surface area contributed by atoms with Crippen molar-refractivity contribution >= 4 is 5.91 Å². The molecule has 18 heavy (non-hydrogen) atoms. The lowest BCUT2D eigenvalue weighted by molar-refractivity contribution is 0.0559. The molecule has 0 saturated carbocycles. The van der Waals surface area contributed by atoms with Crippen LogP contribution in [0.2, 0.25) is 0 Å². The maximum absolute atomic E-state index is 13.6. The first-order valence-electron chi connectivity index (χ1n) is 5.94. The Balaban J connectivity index is 2.22. The first-order chi connectivity index (χ1) is 8.59. The summed E-state index contributed by atoms with van der Waals surface area (Å²) in [6.07, 6.45) is 0.612. The molecule has 3 nitrogen and oxygen atoms in total. The summed E-state index contributed by atoms with van der Waals surface area (Å²) in [5.41, 5.74) is -0.218. The van der Waals surface area contributed by atoms with Gasteiger partial charge in [-0.25, -0.2) is 8.78 Å². The molecule has 1 aromatic rings. The molecule has 1 fully saturated rings. The van der Waals surface area contributed by atoms with Crippen molar-refractivity contribution in [2.24, 2.45) is 0 Å². The summed E-state index contributed by atoms with van der Waals surface area (Å²) in [7, 11) is 0. The first-order valence-corrected chi connectivity index (χ1v) is 5.94. The molecule has 1 aliphatic heterocycles. The Labute approximate surface area is 104 Å². The van der Waals surface area contributed by atoms with E-state index < -0.39 is 17.5 Å². The first kappa shape index (κ1) is 13.0. The molecular formula is C13H15F2NO2. The molecule has 1 aromatic carbocycles. The van der Waals surface area contributed by atoms with Gasteiger partial charge in [0, 0.05) is 19.7 Å². The van der Waals surface area contributed by atoms with Gasteiger partial charge in [0.05, 0.1) is 11.7 Å². The number of hydrogen-bond acceptors (Lipinski definition) is 2. The minimum absolute atomic E-state index is 0.0897. The molecule has 98 valence electrons. The number of benzene rings is 1. The number of halogens is 2.